The lowest BCUT2D eigenvalue weighted by atomic mass is 9.61. The van der Waals surface area contributed by atoms with Gasteiger partial charge in [0.15, 0.2) is 0 Å². The first-order valence-electron chi connectivity index (χ1n) is 8.90. The third-order valence-corrected chi connectivity index (χ3v) is 5.57. The monoisotopic (exact) mass is 308 g/mol. The lowest BCUT2D eigenvalue weighted by Crippen LogP contribution is -2.47. The third-order valence-electron chi connectivity index (χ3n) is 4.91. The van der Waals surface area contributed by atoms with Crippen LogP contribution in [0.3, 0.4) is 0 Å². The second-order valence-corrected chi connectivity index (χ2v) is 7.12. The number of benzene rings is 1. The molecule has 114 valence electrons. The maximum absolute atomic E-state index is 11.5. The molecule has 1 saturated heterocycles. The Kier molecular flexibility index (Phi) is 3.31. The topological polar surface area (TPSA) is 38.3 Å². The molecule has 0 unspecified atom stereocenters. The molecule has 1 heterocycles. The Morgan fingerprint density at radius 1 is 1.38 bits per heavy atom. The minimum atomic E-state index is -1.89. The van der Waals surface area contributed by atoms with E-state index in [-0.39, 0.29) is 22.7 Å². The van der Waals surface area contributed by atoms with Gasteiger partial charge in [0.1, 0.15) is 0 Å². The molecule has 1 aliphatic carbocycles. The standard InChI is InChI=1S/C17H23NO2S/c1-20-16(19)13-5-3-12(4-6-13)15-11-17(7-8-18-15)9-14(10-17)21-2/h3-6,14-15,18H,7-11H2,1-2H3/t14?,15-,17?/m0/s1/i2D3. The van der Waals surface area contributed by atoms with Crippen molar-refractivity contribution in [3.63, 3.8) is 0 Å². The summed E-state index contributed by atoms with van der Waals surface area (Å²) in [6.07, 6.45) is 2.25. The molecule has 0 amide bonds. The highest BCUT2D eigenvalue weighted by atomic mass is 32.2. The first-order chi connectivity index (χ1) is 11.3. The van der Waals surface area contributed by atoms with E-state index < -0.39 is 6.18 Å². The fourth-order valence-electron chi connectivity index (χ4n) is 3.68. The van der Waals surface area contributed by atoms with Gasteiger partial charge in [0, 0.05) is 15.4 Å². The number of ether oxygens (including phenoxy) is 1. The number of hydrogen-bond donors (Lipinski definition) is 1. The molecule has 21 heavy (non-hydrogen) atoms. The van der Waals surface area contributed by atoms with E-state index in [1.54, 1.807) is 12.1 Å². The van der Waals surface area contributed by atoms with Crippen molar-refractivity contribution in [2.45, 2.75) is 37.0 Å². The van der Waals surface area contributed by atoms with Crippen LogP contribution in [0.4, 0.5) is 0 Å². The van der Waals surface area contributed by atoms with E-state index in [1.807, 2.05) is 12.1 Å². The average Bonchev–Trinajstić information content (AvgIpc) is 2.52. The number of carbonyl (C=O) groups excluding carboxylic acids is 1. The molecule has 0 aromatic heterocycles. The number of thioether (sulfide) groups is 1. The molecule has 1 saturated carbocycles. The lowest BCUT2D eigenvalue weighted by molar-refractivity contribution is 0.0600. The number of methoxy groups -OCH3 is 1. The van der Waals surface area contributed by atoms with Gasteiger partial charge in [-0.1, -0.05) is 12.1 Å². The zero-order valence-electron chi connectivity index (χ0n) is 15.2. The summed E-state index contributed by atoms with van der Waals surface area (Å²) in [4.78, 5) is 11.5. The summed E-state index contributed by atoms with van der Waals surface area (Å²) < 4.78 is 26.9. The molecule has 4 heteroatoms. The van der Waals surface area contributed by atoms with Crippen LogP contribution in [0.15, 0.2) is 24.3 Å². The molecule has 1 N–H and O–H groups in total. The van der Waals surface area contributed by atoms with Crippen molar-refractivity contribution in [1.29, 1.82) is 0 Å². The Morgan fingerprint density at radius 3 is 2.81 bits per heavy atom. The molecular weight excluding hydrogens is 282 g/mol. The Hall–Kier alpha value is -1.00. The Bertz CT molecular complexity index is 597. The molecule has 1 spiro atoms. The highest BCUT2D eigenvalue weighted by Crippen LogP contribution is 2.54. The SMILES string of the molecule is [2H]C([2H])([2H])SC1CC2(CCN[C@H](c3ccc(C(=O)OC)cc3)C2)C1. The second kappa shape index (κ2) is 6.01. The van der Waals surface area contributed by atoms with Crippen molar-refractivity contribution < 1.29 is 13.6 Å². The van der Waals surface area contributed by atoms with Crippen LogP contribution >= 0.6 is 11.8 Å². The van der Waals surface area contributed by atoms with Crippen molar-refractivity contribution >= 4 is 17.7 Å². The Morgan fingerprint density at radius 2 is 2.14 bits per heavy atom. The fraction of sp³-hybridized carbons (Fsp3) is 0.588. The van der Waals surface area contributed by atoms with Gasteiger partial charge in [0.25, 0.3) is 0 Å². The van der Waals surface area contributed by atoms with Gasteiger partial charge in [0.2, 0.25) is 0 Å². The summed E-state index contributed by atoms with van der Waals surface area (Å²) in [6, 6.07) is 7.84. The van der Waals surface area contributed by atoms with Crippen LogP contribution in [0.5, 0.6) is 0 Å². The van der Waals surface area contributed by atoms with Gasteiger partial charge in [-0.15, -0.1) is 0 Å². The third kappa shape index (κ3) is 2.97. The molecule has 0 bridgehead atoms. The van der Waals surface area contributed by atoms with Crippen LogP contribution < -0.4 is 5.32 Å². The molecule has 0 radical (unpaired) electrons. The first kappa shape index (κ1) is 11.6. The van der Waals surface area contributed by atoms with Crippen molar-refractivity contribution in [2.24, 2.45) is 5.41 Å². The molecule has 1 aromatic rings. The zero-order valence-corrected chi connectivity index (χ0v) is 13.0. The van der Waals surface area contributed by atoms with Crippen LogP contribution in [-0.4, -0.2) is 31.1 Å². The summed E-state index contributed by atoms with van der Waals surface area (Å²) >= 11 is 1.14. The largest absolute Gasteiger partial charge is 0.465 e. The van der Waals surface area contributed by atoms with Crippen molar-refractivity contribution in [3.05, 3.63) is 35.4 Å². The van der Waals surface area contributed by atoms with E-state index in [1.165, 1.54) is 12.7 Å². The summed E-state index contributed by atoms with van der Waals surface area (Å²) in [5.74, 6) is -0.321. The van der Waals surface area contributed by atoms with Gasteiger partial charge in [-0.2, -0.15) is 11.8 Å². The molecule has 1 aliphatic heterocycles. The van der Waals surface area contributed by atoms with Gasteiger partial charge >= 0.3 is 5.97 Å². The van der Waals surface area contributed by atoms with Gasteiger partial charge in [0.05, 0.1) is 12.7 Å². The lowest BCUT2D eigenvalue weighted by Gasteiger charge is -2.52. The quantitative estimate of drug-likeness (QED) is 0.869. The second-order valence-electron chi connectivity index (χ2n) is 6.22. The Labute approximate surface area is 135 Å². The van der Waals surface area contributed by atoms with Gasteiger partial charge in [-0.3, -0.25) is 0 Å². The normalized spacial score (nSPS) is 34.4. The predicted molar refractivity (Wildman–Crippen MR) is 86.7 cm³/mol. The maximum Gasteiger partial charge on any atom is 0.337 e. The maximum atomic E-state index is 11.5. The molecule has 2 aliphatic rings. The van der Waals surface area contributed by atoms with Crippen molar-refractivity contribution in [2.75, 3.05) is 19.8 Å². The number of rotatable bonds is 3. The minimum absolute atomic E-state index is 0.262. The van der Waals surface area contributed by atoms with E-state index in [4.69, 9.17) is 8.85 Å². The van der Waals surface area contributed by atoms with E-state index in [2.05, 4.69) is 5.32 Å². The van der Waals surface area contributed by atoms with Crippen LogP contribution in [0, 0.1) is 5.41 Å². The summed E-state index contributed by atoms with van der Waals surface area (Å²) in [6.45, 7) is 0.953. The molecular formula is C17H23NO2S. The van der Waals surface area contributed by atoms with Crippen molar-refractivity contribution in [3.8, 4) is 0 Å². The van der Waals surface area contributed by atoms with E-state index in [0.717, 1.165) is 44.0 Å². The number of esters is 1. The first-order valence-corrected chi connectivity index (χ1v) is 8.28. The smallest absolute Gasteiger partial charge is 0.337 e. The fourth-order valence-corrected chi connectivity index (χ4v) is 4.56. The summed E-state index contributed by atoms with van der Waals surface area (Å²) in [5.41, 5.74) is 2.01. The zero-order chi connectivity index (χ0) is 17.4. The molecule has 1 atom stereocenters. The van der Waals surface area contributed by atoms with Crippen LogP contribution in [0.2, 0.25) is 0 Å². The molecule has 1 aromatic carbocycles. The average molecular weight is 308 g/mol. The van der Waals surface area contributed by atoms with E-state index in [9.17, 15) is 4.79 Å². The van der Waals surface area contributed by atoms with Crippen LogP contribution in [0.25, 0.3) is 0 Å². The van der Waals surface area contributed by atoms with Gasteiger partial charge in [-0.05, 0) is 61.5 Å². The number of carbonyl (C=O) groups is 1. The Balaban J connectivity index is 1.61. The van der Waals surface area contributed by atoms with Crippen LogP contribution in [0.1, 0.15) is 51.8 Å². The molecule has 3 rings (SSSR count). The van der Waals surface area contributed by atoms with E-state index >= 15 is 0 Å². The van der Waals surface area contributed by atoms with E-state index in [0.29, 0.717) is 5.56 Å². The summed E-state index contributed by atoms with van der Waals surface area (Å²) in [5, 5.41) is 3.81. The highest BCUT2D eigenvalue weighted by Gasteiger charge is 2.46. The molecule has 3 nitrogen and oxygen atoms in total. The number of hydrogen-bond acceptors (Lipinski definition) is 4. The number of nitrogens with one attached hydrogen (secondary N) is 1. The predicted octanol–water partition coefficient (Wildman–Crippen LogP) is 3.41. The molecule has 2 fully saturated rings. The summed E-state index contributed by atoms with van der Waals surface area (Å²) in [7, 11) is 1.38. The van der Waals surface area contributed by atoms with Gasteiger partial charge in [-0.25, -0.2) is 4.79 Å². The van der Waals surface area contributed by atoms with Crippen LogP contribution in [-0.2, 0) is 4.74 Å². The van der Waals surface area contributed by atoms with Gasteiger partial charge < -0.3 is 10.1 Å². The highest BCUT2D eigenvalue weighted by molar-refractivity contribution is 7.99. The number of piperidine rings is 1. The minimum Gasteiger partial charge on any atom is -0.465 e. The van der Waals surface area contributed by atoms with Crippen molar-refractivity contribution in [1.82, 2.24) is 5.32 Å².